The topological polar surface area (TPSA) is 60.1 Å². The Balaban J connectivity index is 2.24. The van der Waals surface area contributed by atoms with E-state index in [0.717, 1.165) is 5.76 Å². The summed E-state index contributed by atoms with van der Waals surface area (Å²) in [6.45, 7) is 6.14. The summed E-state index contributed by atoms with van der Waals surface area (Å²) in [6.07, 6.45) is 3.15. The summed E-state index contributed by atoms with van der Waals surface area (Å²) >= 11 is 6.08. The van der Waals surface area contributed by atoms with E-state index in [2.05, 4.69) is 10.4 Å². The van der Waals surface area contributed by atoms with Gasteiger partial charge >= 0.3 is 0 Å². The first-order valence-corrected chi connectivity index (χ1v) is 6.32. The van der Waals surface area contributed by atoms with Crippen LogP contribution in [0.5, 0.6) is 0 Å². The number of aromatic nitrogens is 2. The highest BCUT2D eigenvalue weighted by Crippen LogP contribution is 2.19. The molecule has 0 aliphatic rings. The number of hydrogen-bond acceptors (Lipinski definition) is 4. The Kier molecular flexibility index (Phi) is 3.66. The Labute approximate surface area is 116 Å². The number of nitrogens with one attached hydrogen (secondary N) is 1. The van der Waals surface area contributed by atoms with Crippen molar-refractivity contribution in [1.82, 2.24) is 9.78 Å². The maximum atomic E-state index is 12.1. The van der Waals surface area contributed by atoms with Crippen molar-refractivity contribution in [2.75, 3.05) is 5.32 Å². The van der Waals surface area contributed by atoms with E-state index in [4.69, 9.17) is 16.0 Å². The summed E-state index contributed by atoms with van der Waals surface area (Å²) in [5, 5.41) is 7.31. The Morgan fingerprint density at radius 3 is 2.79 bits per heavy atom. The highest BCUT2D eigenvalue weighted by atomic mass is 35.5. The van der Waals surface area contributed by atoms with Crippen LogP contribution in [0.15, 0.2) is 33.8 Å². The predicted molar refractivity (Wildman–Crippen MR) is 74.5 cm³/mol. The molecule has 0 unspecified atom stereocenters. The zero-order valence-electron chi connectivity index (χ0n) is 11.1. The molecule has 1 N–H and O–H groups in total. The Hall–Kier alpha value is -1.75. The van der Waals surface area contributed by atoms with Crippen LogP contribution in [0.25, 0.3) is 0 Å². The molecular weight excluding hydrogens is 266 g/mol. The monoisotopic (exact) mass is 281 g/mol. The summed E-state index contributed by atoms with van der Waals surface area (Å²) in [5.74, 6) is 0.760. The van der Waals surface area contributed by atoms with Gasteiger partial charge in [-0.15, -0.1) is 0 Å². The molecule has 0 aliphatic carbocycles. The second-order valence-corrected chi connectivity index (χ2v) is 5.57. The average Bonchev–Trinajstić information content (AvgIpc) is 2.82. The van der Waals surface area contributed by atoms with Crippen molar-refractivity contribution < 1.29 is 4.42 Å². The first-order valence-electron chi connectivity index (χ1n) is 5.94. The van der Waals surface area contributed by atoms with E-state index in [0.29, 0.717) is 12.2 Å². The highest BCUT2D eigenvalue weighted by molar-refractivity contribution is 6.32. The van der Waals surface area contributed by atoms with E-state index in [1.165, 1.54) is 4.68 Å². The molecule has 5 nitrogen and oxygen atoms in total. The Bertz CT molecular complexity index is 612. The summed E-state index contributed by atoms with van der Waals surface area (Å²) in [4.78, 5) is 12.1. The SMILES string of the molecule is CC(C)(C)n1ncc(NCc2ccco2)c(Cl)c1=O. The molecule has 0 saturated heterocycles. The molecule has 0 atom stereocenters. The first kappa shape index (κ1) is 13.7. The van der Waals surface area contributed by atoms with Crippen molar-refractivity contribution in [1.29, 1.82) is 0 Å². The third-order valence-electron chi connectivity index (χ3n) is 2.59. The van der Waals surface area contributed by atoms with E-state index in [1.807, 2.05) is 26.8 Å². The second kappa shape index (κ2) is 5.09. The van der Waals surface area contributed by atoms with Gasteiger partial charge < -0.3 is 9.73 Å². The fourth-order valence-corrected chi connectivity index (χ4v) is 1.83. The molecule has 102 valence electrons. The average molecular weight is 282 g/mol. The van der Waals surface area contributed by atoms with Gasteiger partial charge in [0.2, 0.25) is 0 Å². The first-order chi connectivity index (χ1) is 8.89. The third kappa shape index (κ3) is 2.98. The highest BCUT2D eigenvalue weighted by Gasteiger charge is 2.19. The van der Waals surface area contributed by atoms with E-state index < -0.39 is 5.54 Å². The molecule has 0 fully saturated rings. The van der Waals surface area contributed by atoms with Crippen molar-refractivity contribution in [3.63, 3.8) is 0 Å². The lowest BCUT2D eigenvalue weighted by Crippen LogP contribution is -2.36. The van der Waals surface area contributed by atoms with Gasteiger partial charge in [0, 0.05) is 0 Å². The Morgan fingerprint density at radius 1 is 1.47 bits per heavy atom. The number of hydrogen-bond donors (Lipinski definition) is 1. The van der Waals surface area contributed by atoms with Gasteiger partial charge in [-0.05, 0) is 32.9 Å². The summed E-state index contributed by atoms with van der Waals surface area (Å²) in [7, 11) is 0. The maximum absolute atomic E-state index is 12.1. The van der Waals surface area contributed by atoms with E-state index in [9.17, 15) is 4.79 Å². The molecule has 2 rings (SSSR count). The molecule has 19 heavy (non-hydrogen) atoms. The van der Waals surface area contributed by atoms with Crippen molar-refractivity contribution in [2.45, 2.75) is 32.9 Å². The van der Waals surface area contributed by atoms with Crippen molar-refractivity contribution in [3.8, 4) is 0 Å². The molecular formula is C13H16ClN3O2. The maximum Gasteiger partial charge on any atom is 0.288 e. The number of anilines is 1. The van der Waals surface area contributed by atoms with Gasteiger partial charge in [0.1, 0.15) is 10.8 Å². The quantitative estimate of drug-likeness (QED) is 0.940. The minimum absolute atomic E-state index is 0.136. The lowest BCUT2D eigenvalue weighted by molar-refractivity contribution is 0.338. The lowest BCUT2D eigenvalue weighted by Gasteiger charge is -2.21. The lowest BCUT2D eigenvalue weighted by atomic mass is 10.1. The van der Waals surface area contributed by atoms with Gasteiger partial charge in [0.05, 0.1) is 30.2 Å². The third-order valence-corrected chi connectivity index (χ3v) is 2.95. The Morgan fingerprint density at radius 2 is 2.21 bits per heavy atom. The van der Waals surface area contributed by atoms with E-state index in [-0.39, 0.29) is 10.6 Å². The molecule has 6 heteroatoms. The fourth-order valence-electron chi connectivity index (χ4n) is 1.63. The minimum Gasteiger partial charge on any atom is -0.467 e. The van der Waals surface area contributed by atoms with E-state index >= 15 is 0 Å². The predicted octanol–water partition coefficient (Wildman–Crippen LogP) is 2.86. The van der Waals surface area contributed by atoms with Crippen molar-refractivity contribution >= 4 is 17.3 Å². The van der Waals surface area contributed by atoms with Crippen LogP contribution in [0, 0.1) is 0 Å². The molecule has 2 heterocycles. The van der Waals surface area contributed by atoms with E-state index in [1.54, 1.807) is 18.5 Å². The minimum atomic E-state index is -0.403. The number of rotatable bonds is 3. The van der Waals surface area contributed by atoms with Gasteiger partial charge in [0.15, 0.2) is 0 Å². The fraction of sp³-hybridized carbons (Fsp3) is 0.385. The van der Waals surface area contributed by atoms with Crippen molar-refractivity contribution in [2.24, 2.45) is 0 Å². The van der Waals surface area contributed by atoms with Crippen LogP contribution in [-0.4, -0.2) is 9.78 Å². The molecule has 0 aromatic carbocycles. The van der Waals surface area contributed by atoms with Crippen LogP contribution in [0.1, 0.15) is 26.5 Å². The number of halogens is 1. The summed E-state index contributed by atoms with van der Waals surface area (Å²) in [5.41, 5.74) is -0.206. The van der Waals surface area contributed by atoms with Crippen LogP contribution in [0.2, 0.25) is 5.02 Å². The van der Waals surface area contributed by atoms with Crippen LogP contribution >= 0.6 is 11.6 Å². The number of furan rings is 1. The van der Waals surface area contributed by atoms with Gasteiger partial charge in [-0.25, -0.2) is 4.68 Å². The zero-order valence-corrected chi connectivity index (χ0v) is 11.9. The number of nitrogens with zero attached hydrogens (tertiary/aromatic N) is 2. The molecule has 0 spiro atoms. The summed E-state index contributed by atoms with van der Waals surface area (Å²) < 4.78 is 6.56. The molecule has 0 radical (unpaired) electrons. The molecule has 2 aromatic rings. The standard InChI is InChI=1S/C13H16ClN3O2/c1-13(2,3)17-12(18)11(14)10(8-16-17)15-7-9-5-4-6-19-9/h4-6,8,15H,7H2,1-3H3. The van der Waals surface area contributed by atoms with Crippen LogP contribution in [-0.2, 0) is 12.1 Å². The summed E-state index contributed by atoms with van der Waals surface area (Å²) in [6, 6.07) is 3.64. The van der Waals surface area contributed by atoms with Gasteiger partial charge in [-0.2, -0.15) is 5.10 Å². The zero-order chi connectivity index (χ0) is 14.0. The smallest absolute Gasteiger partial charge is 0.288 e. The van der Waals surface area contributed by atoms with Gasteiger partial charge in [-0.3, -0.25) is 4.79 Å². The van der Waals surface area contributed by atoms with Crippen LogP contribution in [0.3, 0.4) is 0 Å². The molecule has 0 amide bonds. The molecule has 2 aromatic heterocycles. The van der Waals surface area contributed by atoms with Gasteiger partial charge in [0.25, 0.3) is 5.56 Å². The van der Waals surface area contributed by atoms with Crippen molar-refractivity contribution in [3.05, 3.63) is 45.7 Å². The normalized spacial score (nSPS) is 11.6. The molecule has 0 aliphatic heterocycles. The van der Waals surface area contributed by atoms with Gasteiger partial charge in [-0.1, -0.05) is 11.6 Å². The molecule has 0 saturated carbocycles. The largest absolute Gasteiger partial charge is 0.467 e. The van der Waals surface area contributed by atoms with Crippen LogP contribution < -0.4 is 10.9 Å². The second-order valence-electron chi connectivity index (χ2n) is 5.19. The van der Waals surface area contributed by atoms with Crippen LogP contribution in [0.4, 0.5) is 5.69 Å². The molecule has 0 bridgehead atoms.